The van der Waals surface area contributed by atoms with Gasteiger partial charge in [0.1, 0.15) is 30.6 Å². The standard InChI is InChI=1S/C23H30N4O.C19H26N2O2.C2H6O.C2H6/c1-3-14-27(15-4-2)21(23(25)26)16-20(24)19-12-8-9-13-22(19)28-17-18-10-6-5-7-11-18;1-14-2-3-18(20-12-14)23-17-4-6-21(7-5-17)16-10-19(11-16)8-15(9-19)13-22;1-3-2;1-2/h3,5-13,16H,1,4,14-15,17,24-26H2,2H3;2-3,12-13,15-17H,4-11H2,1H3;1-2H3;1-2H3/b20-16-;;;. The summed E-state index contributed by atoms with van der Waals surface area (Å²) in [7, 11) is 3.25. The number of aldehydes is 1. The lowest BCUT2D eigenvalue weighted by molar-refractivity contribution is -0.130. The first-order chi connectivity index (χ1) is 27.1. The number of piperidine rings is 1. The van der Waals surface area contributed by atoms with E-state index in [0.29, 0.717) is 47.7 Å². The van der Waals surface area contributed by atoms with E-state index in [1.165, 1.54) is 18.4 Å². The number of carbonyl (C=O) groups excluding carboxylic acids is 1. The minimum absolute atomic E-state index is 0.223. The summed E-state index contributed by atoms with van der Waals surface area (Å²) in [5, 5.41) is 0. The van der Waals surface area contributed by atoms with Crippen molar-refractivity contribution in [2.45, 2.75) is 91.4 Å². The van der Waals surface area contributed by atoms with Crippen LogP contribution in [0, 0.1) is 18.3 Å². The van der Waals surface area contributed by atoms with Gasteiger partial charge in [0.05, 0.1) is 5.70 Å². The third-order valence-corrected chi connectivity index (χ3v) is 10.3. The average molecular weight is 769 g/mol. The number of ether oxygens (including phenoxy) is 3. The van der Waals surface area contributed by atoms with Crippen LogP contribution in [0.3, 0.4) is 0 Å². The number of allylic oxidation sites excluding steroid dienone is 1. The molecule has 2 heterocycles. The lowest BCUT2D eigenvalue weighted by Gasteiger charge is -2.59. The highest BCUT2D eigenvalue weighted by Gasteiger charge is 2.54. The predicted octanol–water partition coefficient (Wildman–Crippen LogP) is 7.83. The second kappa shape index (κ2) is 24.0. The molecule has 0 amide bonds. The van der Waals surface area contributed by atoms with E-state index < -0.39 is 0 Å². The van der Waals surface area contributed by atoms with Crippen molar-refractivity contribution in [3.8, 4) is 11.6 Å². The summed E-state index contributed by atoms with van der Waals surface area (Å²) in [6, 6.07) is 22.5. The summed E-state index contributed by atoms with van der Waals surface area (Å²) in [4.78, 5) is 19.8. The van der Waals surface area contributed by atoms with Crippen LogP contribution >= 0.6 is 0 Å². The third kappa shape index (κ3) is 13.7. The van der Waals surface area contributed by atoms with Crippen molar-refractivity contribution in [1.82, 2.24) is 14.8 Å². The number of hydrogen-bond acceptors (Lipinski definition) is 10. The molecule has 2 aromatic carbocycles. The van der Waals surface area contributed by atoms with Crippen LogP contribution < -0.4 is 26.7 Å². The Morgan fingerprint density at radius 3 is 2.18 bits per heavy atom. The van der Waals surface area contributed by atoms with Gasteiger partial charge >= 0.3 is 0 Å². The molecule has 6 rings (SSSR count). The Morgan fingerprint density at radius 2 is 1.61 bits per heavy atom. The van der Waals surface area contributed by atoms with Crippen LogP contribution in [0.2, 0.25) is 0 Å². The molecule has 3 aliphatic rings. The minimum Gasteiger partial charge on any atom is -0.488 e. The van der Waals surface area contributed by atoms with Gasteiger partial charge in [-0.2, -0.15) is 0 Å². The Kier molecular flexibility index (Phi) is 19.5. The van der Waals surface area contributed by atoms with Crippen LogP contribution in [0.5, 0.6) is 11.6 Å². The van der Waals surface area contributed by atoms with Crippen molar-refractivity contribution >= 4 is 12.0 Å². The number of likely N-dealkylation sites (tertiary alicyclic amines) is 1. The molecule has 1 aromatic heterocycles. The number of rotatable bonds is 14. The van der Waals surface area contributed by atoms with Crippen molar-refractivity contribution in [3.63, 3.8) is 0 Å². The van der Waals surface area contributed by atoms with E-state index in [4.69, 9.17) is 26.7 Å². The summed E-state index contributed by atoms with van der Waals surface area (Å²) in [6.07, 6.45) is 15.0. The summed E-state index contributed by atoms with van der Waals surface area (Å²) >= 11 is 0. The SMILES string of the molecule is C=CCN(CCC)C(/C=C(\N)c1ccccc1OCc1ccccc1)=C(N)N.CC.COC.Cc1ccc(OC2CCN(C3CC4(CC(C=O)C4)C3)CC2)nc1. The monoisotopic (exact) mass is 769 g/mol. The molecule has 0 bridgehead atoms. The summed E-state index contributed by atoms with van der Waals surface area (Å²) in [5.41, 5.74) is 23.1. The zero-order chi connectivity index (χ0) is 40.9. The van der Waals surface area contributed by atoms with E-state index in [9.17, 15) is 4.79 Å². The van der Waals surface area contributed by atoms with Crippen molar-refractivity contribution in [2.24, 2.45) is 28.5 Å². The van der Waals surface area contributed by atoms with E-state index in [2.05, 4.69) is 39.1 Å². The van der Waals surface area contributed by atoms with Crippen LogP contribution in [0.4, 0.5) is 0 Å². The fraction of sp³-hybridized carbons (Fsp3) is 0.478. The maximum Gasteiger partial charge on any atom is 0.213 e. The van der Waals surface area contributed by atoms with Gasteiger partial charge in [-0.05, 0) is 86.6 Å². The van der Waals surface area contributed by atoms with E-state index in [1.807, 2.05) is 93.7 Å². The van der Waals surface area contributed by atoms with Gasteiger partial charge < -0.3 is 46.0 Å². The lowest BCUT2D eigenvalue weighted by Crippen LogP contribution is -2.58. The summed E-state index contributed by atoms with van der Waals surface area (Å²) in [5.74, 6) is 2.05. The minimum atomic E-state index is 0.223. The Balaban J connectivity index is 0.000000273. The number of aryl methyl sites for hydroxylation is 1. The molecule has 3 aromatic rings. The molecule has 1 saturated heterocycles. The van der Waals surface area contributed by atoms with Gasteiger partial charge in [-0.15, -0.1) is 6.58 Å². The van der Waals surface area contributed by atoms with Gasteiger partial charge in [-0.3, -0.25) is 0 Å². The number of nitrogens with zero attached hydrogens (tertiary/aromatic N) is 3. The molecule has 2 aliphatic carbocycles. The first-order valence-electron chi connectivity index (χ1n) is 20.2. The molecule has 6 N–H and O–H groups in total. The number of benzene rings is 2. The molecule has 3 fully saturated rings. The summed E-state index contributed by atoms with van der Waals surface area (Å²) < 4.78 is 16.3. The first kappa shape index (κ1) is 45.6. The van der Waals surface area contributed by atoms with Gasteiger partial charge in [0.15, 0.2) is 0 Å². The quantitative estimate of drug-likeness (QED) is 0.0844. The Labute approximate surface area is 336 Å². The van der Waals surface area contributed by atoms with Gasteiger partial charge in [-0.1, -0.05) is 75.4 Å². The zero-order valence-electron chi connectivity index (χ0n) is 34.8. The number of methoxy groups -OCH3 is 1. The molecule has 0 unspecified atom stereocenters. The average Bonchev–Trinajstić information content (AvgIpc) is 3.18. The van der Waals surface area contributed by atoms with Gasteiger partial charge in [0.2, 0.25) is 5.88 Å². The van der Waals surface area contributed by atoms with Crippen molar-refractivity contribution in [2.75, 3.05) is 40.4 Å². The molecular weight excluding hydrogens is 701 g/mol. The third-order valence-electron chi connectivity index (χ3n) is 10.3. The Hall–Kier alpha value is -4.80. The fourth-order valence-electron chi connectivity index (χ4n) is 7.62. The number of para-hydroxylation sites is 1. The predicted molar refractivity (Wildman–Crippen MR) is 230 cm³/mol. The zero-order valence-corrected chi connectivity index (χ0v) is 34.8. The Bertz CT molecular complexity index is 1640. The van der Waals surface area contributed by atoms with Crippen LogP contribution in [-0.4, -0.2) is 73.6 Å². The van der Waals surface area contributed by atoms with E-state index in [1.54, 1.807) is 20.3 Å². The van der Waals surface area contributed by atoms with Crippen molar-refractivity contribution in [3.05, 3.63) is 120 Å². The number of pyridine rings is 1. The van der Waals surface area contributed by atoms with Gasteiger partial charge in [0, 0.05) is 75.9 Å². The first-order valence-corrected chi connectivity index (χ1v) is 20.2. The molecule has 10 nitrogen and oxygen atoms in total. The molecule has 306 valence electrons. The van der Waals surface area contributed by atoms with E-state index in [-0.39, 0.29) is 5.82 Å². The van der Waals surface area contributed by atoms with Crippen LogP contribution in [0.15, 0.2) is 103 Å². The highest BCUT2D eigenvalue weighted by Crippen LogP contribution is 2.59. The van der Waals surface area contributed by atoms with Crippen molar-refractivity contribution in [1.29, 1.82) is 0 Å². The highest BCUT2D eigenvalue weighted by molar-refractivity contribution is 5.70. The molecule has 1 spiro atoms. The smallest absolute Gasteiger partial charge is 0.213 e. The molecule has 0 atom stereocenters. The van der Waals surface area contributed by atoms with Crippen LogP contribution in [0.1, 0.15) is 82.4 Å². The summed E-state index contributed by atoms with van der Waals surface area (Å²) in [6.45, 7) is 16.1. The number of nitrogens with two attached hydrogens (primary N) is 3. The molecule has 56 heavy (non-hydrogen) atoms. The molecular formula is C46H68N6O4. The van der Waals surface area contributed by atoms with Crippen LogP contribution in [-0.2, 0) is 16.1 Å². The fourth-order valence-corrected chi connectivity index (χ4v) is 7.62. The molecule has 0 radical (unpaired) electrons. The molecule has 2 saturated carbocycles. The lowest BCUT2D eigenvalue weighted by atomic mass is 9.50. The largest absolute Gasteiger partial charge is 0.488 e. The number of hydrogen-bond donors (Lipinski definition) is 3. The Morgan fingerprint density at radius 1 is 0.964 bits per heavy atom. The van der Waals surface area contributed by atoms with Crippen LogP contribution in [0.25, 0.3) is 5.70 Å². The number of aromatic nitrogens is 1. The van der Waals surface area contributed by atoms with Gasteiger partial charge in [-0.25, -0.2) is 4.98 Å². The molecule has 10 heteroatoms. The maximum absolute atomic E-state index is 10.8. The normalized spacial score (nSPS) is 20.1. The second-order valence-corrected chi connectivity index (χ2v) is 14.7. The van der Waals surface area contributed by atoms with Crippen molar-refractivity contribution < 1.29 is 19.0 Å². The molecule has 1 aliphatic heterocycles. The van der Waals surface area contributed by atoms with E-state index in [0.717, 1.165) is 81.1 Å². The number of carbonyl (C=O) groups is 1. The highest BCUT2D eigenvalue weighted by atomic mass is 16.5. The van der Waals surface area contributed by atoms with E-state index >= 15 is 0 Å². The maximum atomic E-state index is 10.8. The second-order valence-electron chi connectivity index (χ2n) is 14.7. The van der Waals surface area contributed by atoms with Gasteiger partial charge in [0.25, 0.3) is 0 Å². The topological polar surface area (TPSA) is 142 Å².